The van der Waals surface area contributed by atoms with E-state index >= 15 is 0 Å². The first-order valence-electron chi connectivity index (χ1n) is 9.31. The quantitative estimate of drug-likeness (QED) is 0.391. The topological polar surface area (TPSA) is 44.8 Å². The van der Waals surface area contributed by atoms with E-state index in [1.165, 1.54) is 0 Å². The van der Waals surface area contributed by atoms with Gasteiger partial charge in [0.25, 0.3) is 0 Å². The Morgan fingerprint density at radius 1 is 0.786 bits per heavy atom. The summed E-state index contributed by atoms with van der Waals surface area (Å²) in [7, 11) is 0. The van der Waals surface area contributed by atoms with Crippen LogP contribution in [0, 0.1) is 0 Å². The highest BCUT2D eigenvalue weighted by Crippen LogP contribution is 2.26. The fourth-order valence-corrected chi connectivity index (χ4v) is 2.73. The van der Waals surface area contributed by atoms with Gasteiger partial charge in [-0.15, -0.1) is 0 Å². The molecule has 3 aromatic rings. The van der Waals surface area contributed by atoms with Crippen molar-refractivity contribution < 1.29 is 19.0 Å². The lowest BCUT2D eigenvalue weighted by molar-refractivity contribution is -0.136. The molecule has 0 aromatic heterocycles. The molecule has 0 aliphatic rings. The molecule has 4 nitrogen and oxygen atoms in total. The Balaban J connectivity index is 1.49. The van der Waals surface area contributed by atoms with Gasteiger partial charge in [0.1, 0.15) is 23.9 Å². The van der Waals surface area contributed by atoms with Crippen molar-refractivity contribution in [1.82, 2.24) is 0 Å². The standard InChI is InChI=1S/C24H24O4/c1-18(2)22-10-6-7-11-23(22)27-17-24(25)28-21-14-12-20(13-15-21)26-16-19-8-4-3-5-9-19/h3-15,18H,16-17H2,1-2H3. The third-order valence-corrected chi connectivity index (χ3v) is 4.19. The van der Waals surface area contributed by atoms with Crippen molar-refractivity contribution in [1.29, 1.82) is 0 Å². The highest BCUT2D eigenvalue weighted by molar-refractivity contribution is 5.74. The molecular formula is C24H24O4. The Morgan fingerprint density at radius 2 is 1.43 bits per heavy atom. The van der Waals surface area contributed by atoms with Crippen LogP contribution in [-0.4, -0.2) is 12.6 Å². The maximum atomic E-state index is 12.1. The Morgan fingerprint density at radius 3 is 2.14 bits per heavy atom. The van der Waals surface area contributed by atoms with Crippen molar-refractivity contribution in [3.63, 3.8) is 0 Å². The predicted molar refractivity (Wildman–Crippen MR) is 109 cm³/mol. The molecule has 0 aliphatic heterocycles. The highest BCUT2D eigenvalue weighted by Gasteiger charge is 2.11. The number of para-hydroxylation sites is 1. The summed E-state index contributed by atoms with van der Waals surface area (Å²) in [6.45, 7) is 4.52. The average Bonchev–Trinajstić information content (AvgIpc) is 2.72. The van der Waals surface area contributed by atoms with Crippen LogP contribution < -0.4 is 14.2 Å². The van der Waals surface area contributed by atoms with Crippen LogP contribution in [0.25, 0.3) is 0 Å². The van der Waals surface area contributed by atoms with Crippen LogP contribution in [0.15, 0.2) is 78.9 Å². The maximum Gasteiger partial charge on any atom is 0.349 e. The second-order valence-corrected chi connectivity index (χ2v) is 6.70. The van der Waals surface area contributed by atoms with E-state index in [2.05, 4.69) is 13.8 Å². The zero-order valence-electron chi connectivity index (χ0n) is 16.1. The summed E-state index contributed by atoms with van der Waals surface area (Å²) in [6.07, 6.45) is 0. The van der Waals surface area contributed by atoms with E-state index in [1.807, 2.05) is 54.6 Å². The van der Waals surface area contributed by atoms with Crippen molar-refractivity contribution in [2.24, 2.45) is 0 Å². The van der Waals surface area contributed by atoms with Crippen molar-refractivity contribution >= 4 is 5.97 Å². The van der Waals surface area contributed by atoms with Gasteiger partial charge in [-0.2, -0.15) is 0 Å². The summed E-state index contributed by atoms with van der Waals surface area (Å²) >= 11 is 0. The van der Waals surface area contributed by atoms with Gasteiger partial charge in [-0.3, -0.25) is 0 Å². The van der Waals surface area contributed by atoms with E-state index in [4.69, 9.17) is 14.2 Å². The molecule has 0 amide bonds. The number of ether oxygens (including phenoxy) is 3. The summed E-state index contributed by atoms with van der Waals surface area (Å²) in [5.41, 5.74) is 2.16. The van der Waals surface area contributed by atoms with E-state index in [9.17, 15) is 4.79 Å². The van der Waals surface area contributed by atoms with Crippen LogP contribution in [0.3, 0.4) is 0 Å². The van der Waals surface area contributed by atoms with Crippen LogP contribution >= 0.6 is 0 Å². The second kappa shape index (κ2) is 9.60. The van der Waals surface area contributed by atoms with Gasteiger partial charge < -0.3 is 14.2 Å². The molecule has 0 N–H and O–H groups in total. The van der Waals surface area contributed by atoms with E-state index in [0.29, 0.717) is 29.8 Å². The monoisotopic (exact) mass is 376 g/mol. The first-order valence-corrected chi connectivity index (χ1v) is 9.31. The molecule has 0 fully saturated rings. The summed E-state index contributed by atoms with van der Waals surface area (Å²) < 4.78 is 16.7. The van der Waals surface area contributed by atoms with Crippen molar-refractivity contribution in [3.8, 4) is 17.2 Å². The van der Waals surface area contributed by atoms with Crippen LogP contribution in [0.4, 0.5) is 0 Å². The van der Waals surface area contributed by atoms with Gasteiger partial charge >= 0.3 is 5.97 Å². The number of hydrogen-bond acceptors (Lipinski definition) is 4. The summed E-state index contributed by atoms with van der Waals surface area (Å²) in [4.78, 5) is 12.1. The molecule has 144 valence electrons. The molecule has 0 radical (unpaired) electrons. The molecule has 3 rings (SSSR count). The minimum absolute atomic E-state index is 0.143. The van der Waals surface area contributed by atoms with Crippen LogP contribution in [0.1, 0.15) is 30.9 Å². The van der Waals surface area contributed by atoms with Crippen molar-refractivity contribution in [3.05, 3.63) is 90.0 Å². The average molecular weight is 376 g/mol. The Bertz CT molecular complexity index is 886. The smallest absolute Gasteiger partial charge is 0.349 e. The maximum absolute atomic E-state index is 12.1. The van der Waals surface area contributed by atoms with Gasteiger partial charge in [0.15, 0.2) is 6.61 Å². The molecule has 4 heteroatoms. The first kappa shape index (κ1) is 19.5. The number of rotatable bonds is 8. The molecule has 3 aromatic carbocycles. The SMILES string of the molecule is CC(C)c1ccccc1OCC(=O)Oc1ccc(OCc2ccccc2)cc1. The molecule has 0 saturated heterocycles. The van der Waals surface area contributed by atoms with Crippen molar-refractivity contribution in [2.45, 2.75) is 26.4 Å². The van der Waals surface area contributed by atoms with Crippen LogP contribution in [-0.2, 0) is 11.4 Å². The largest absolute Gasteiger partial charge is 0.489 e. The molecule has 0 spiro atoms. The van der Waals surface area contributed by atoms with Crippen molar-refractivity contribution in [2.75, 3.05) is 6.61 Å². The molecule has 0 unspecified atom stereocenters. The van der Waals surface area contributed by atoms with Gasteiger partial charge in [0.2, 0.25) is 0 Å². The third-order valence-electron chi connectivity index (χ3n) is 4.19. The fourth-order valence-electron chi connectivity index (χ4n) is 2.73. The Hall–Kier alpha value is -3.27. The first-order chi connectivity index (χ1) is 13.6. The van der Waals surface area contributed by atoms with E-state index in [0.717, 1.165) is 11.1 Å². The minimum atomic E-state index is -0.448. The van der Waals surface area contributed by atoms with E-state index in [-0.39, 0.29) is 6.61 Å². The fraction of sp³-hybridized carbons (Fsp3) is 0.208. The summed E-state index contributed by atoms with van der Waals surface area (Å²) in [5.74, 6) is 1.75. The zero-order valence-corrected chi connectivity index (χ0v) is 16.1. The molecule has 0 aliphatic carbocycles. The van der Waals surface area contributed by atoms with Crippen LogP contribution in [0.5, 0.6) is 17.2 Å². The normalized spacial score (nSPS) is 10.5. The van der Waals surface area contributed by atoms with Gasteiger partial charge in [-0.25, -0.2) is 4.79 Å². The zero-order chi connectivity index (χ0) is 19.8. The van der Waals surface area contributed by atoms with Crippen LogP contribution in [0.2, 0.25) is 0 Å². The van der Waals surface area contributed by atoms with Gasteiger partial charge in [0.05, 0.1) is 0 Å². The third kappa shape index (κ3) is 5.61. The lowest BCUT2D eigenvalue weighted by Gasteiger charge is -2.13. The van der Waals surface area contributed by atoms with Gasteiger partial charge in [-0.1, -0.05) is 62.4 Å². The Labute approximate surface area is 165 Å². The number of hydrogen-bond donors (Lipinski definition) is 0. The lowest BCUT2D eigenvalue weighted by Crippen LogP contribution is -2.18. The molecule has 0 heterocycles. The minimum Gasteiger partial charge on any atom is -0.489 e. The summed E-state index contributed by atoms with van der Waals surface area (Å²) in [5, 5.41) is 0. The summed E-state index contributed by atoms with van der Waals surface area (Å²) in [6, 6.07) is 24.6. The molecule has 0 atom stereocenters. The van der Waals surface area contributed by atoms with Gasteiger partial charge in [0, 0.05) is 0 Å². The number of carbonyl (C=O) groups excluding carboxylic acids is 1. The number of carbonyl (C=O) groups is 1. The van der Waals surface area contributed by atoms with E-state index < -0.39 is 5.97 Å². The molecule has 28 heavy (non-hydrogen) atoms. The molecule has 0 saturated carbocycles. The molecular weight excluding hydrogens is 352 g/mol. The Kier molecular flexibility index (Phi) is 6.68. The predicted octanol–water partition coefficient (Wildman–Crippen LogP) is 5.37. The lowest BCUT2D eigenvalue weighted by atomic mass is 10.0. The number of esters is 1. The number of benzene rings is 3. The van der Waals surface area contributed by atoms with Gasteiger partial charge in [-0.05, 0) is 47.4 Å². The second-order valence-electron chi connectivity index (χ2n) is 6.70. The van der Waals surface area contributed by atoms with E-state index in [1.54, 1.807) is 24.3 Å². The highest BCUT2D eigenvalue weighted by atomic mass is 16.6. The molecule has 0 bridgehead atoms.